The van der Waals surface area contributed by atoms with Crippen molar-refractivity contribution in [2.45, 2.75) is 32.2 Å². The van der Waals surface area contributed by atoms with E-state index in [0.29, 0.717) is 17.5 Å². The molecule has 1 N–H and O–H groups in total. The van der Waals surface area contributed by atoms with E-state index in [-0.39, 0.29) is 0 Å². The summed E-state index contributed by atoms with van der Waals surface area (Å²) in [5, 5.41) is 3.32. The summed E-state index contributed by atoms with van der Waals surface area (Å²) in [6.07, 6.45) is 5.37. The molecule has 0 heterocycles. The maximum atomic E-state index is 13.4. The Kier molecular flexibility index (Phi) is 2.66. The van der Waals surface area contributed by atoms with Crippen molar-refractivity contribution in [3.8, 4) is 0 Å². The van der Waals surface area contributed by atoms with Crippen molar-refractivity contribution < 1.29 is 8.78 Å². The van der Waals surface area contributed by atoms with Crippen molar-refractivity contribution in [1.82, 2.24) is 5.32 Å². The van der Waals surface area contributed by atoms with Gasteiger partial charge in [-0.05, 0) is 43.1 Å². The number of rotatable bonds is 5. The average Bonchev–Trinajstić information content (AvgIpc) is 3.14. The Morgan fingerprint density at radius 1 is 1.24 bits per heavy atom. The molecule has 0 radical (unpaired) electrons. The molecule has 2 aliphatic carbocycles. The molecule has 17 heavy (non-hydrogen) atoms. The fourth-order valence-electron chi connectivity index (χ4n) is 2.70. The van der Waals surface area contributed by atoms with Crippen LogP contribution in [0.15, 0.2) is 18.2 Å². The van der Waals surface area contributed by atoms with Crippen LogP contribution >= 0.6 is 0 Å². The molecule has 0 aliphatic heterocycles. The van der Waals surface area contributed by atoms with Gasteiger partial charge in [-0.25, -0.2) is 8.78 Å². The first kappa shape index (κ1) is 11.1. The van der Waals surface area contributed by atoms with Crippen LogP contribution in [0.1, 0.15) is 31.2 Å². The van der Waals surface area contributed by atoms with E-state index in [4.69, 9.17) is 0 Å². The van der Waals surface area contributed by atoms with E-state index in [1.807, 2.05) is 0 Å². The van der Waals surface area contributed by atoms with Gasteiger partial charge in [-0.1, -0.05) is 6.07 Å². The van der Waals surface area contributed by atoms with Crippen molar-refractivity contribution >= 4 is 0 Å². The molecule has 0 spiro atoms. The molecule has 0 amide bonds. The third kappa shape index (κ3) is 2.34. The normalized spacial score (nSPS) is 21.5. The molecule has 0 aromatic heterocycles. The second-order valence-corrected chi connectivity index (χ2v) is 5.48. The van der Waals surface area contributed by atoms with Gasteiger partial charge in [0, 0.05) is 24.7 Å². The molecule has 2 saturated carbocycles. The van der Waals surface area contributed by atoms with E-state index in [0.717, 1.165) is 18.5 Å². The van der Waals surface area contributed by atoms with Crippen LogP contribution in [0.2, 0.25) is 0 Å². The Labute approximate surface area is 100 Å². The molecule has 1 nitrogen and oxygen atoms in total. The van der Waals surface area contributed by atoms with Crippen LogP contribution in [-0.2, 0) is 6.54 Å². The van der Waals surface area contributed by atoms with E-state index in [2.05, 4.69) is 5.32 Å². The fraction of sp³-hybridized carbons (Fsp3) is 0.571. The molecule has 2 aliphatic rings. The minimum atomic E-state index is -0.511. The Hall–Kier alpha value is -0.960. The molecule has 3 rings (SSSR count). The zero-order chi connectivity index (χ0) is 11.9. The lowest BCUT2D eigenvalue weighted by Gasteiger charge is -2.15. The first-order valence-corrected chi connectivity index (χ1v) is 6.34. The van der Waals surface area contributed by atoms with Gasteiger partial charge in [-0.3, -0.25) is 0 Å². The highest BCUT2D eigenvalue weighted by Crippen LogP contribution is 2.60. The van der Waals surface area contributed by atoms with E-state index < -0.39 is 11.6 Å². The maximum absolute atomic E-state index is 13.4. The second-order valence-electron chi connectivity index (χ2n) is 5.48. The highest BCUT2D eigenvalue weighted by atomic mass is 19.1. The summed E-state index contributed by atoms with van der Waals surface area (Å²) < 4.78 is 26.1. The van der Waals surface area contributed by atoms with E-state index in [9.17, 15) is 8.78 Å². The molecule has 1 aromatic carbocycles. The van der Waals surface area contributed by atoms with Gasteiger partial charge in [-0.15, -0.1) is 0 Å². The summed E-state index contributed by atoms with van der Waals surface area (Å²) in [5.74, 6) is -0.0512. The molecular formula is C14H17F2N. The topological polar surface area (TPSA) is 12.0 Å². The standard InChI is InChI=1S/C14H17F2N/c15-12-4-1-10(13(16)7-12)8-17-9-14(5-6-14)11-2-3-11/h1,4,7,11,17H,2-3,5-6,8-9H2. The predicted octanol–water partition coefficient (Wildman–Crippen LogP) is 3.24. The third-order valence-corrected chi connectivity index (χ3v) is 4.14. The average molecular weight is 237 g/mol. The lowest BCUT2D eigenvalue weighted by molar-refractivity contribution is 0.401. The zero-order valence-corrected chi connectivity index (χ0v) is 9.81. The molecular weight excluding hydrogens is 220 g/mol. The Morgan fingerprint density at radius 3 is 2.59 bits per heavy atom. The van der Waals surface area contributed by atoms with Gasteiger partial charge in [0.1, 0.15) is 11.6 Å². The minimum Gasteiger partial charge on any atom is -0.312 e. The Morgan fingerprint density at radius 2 is 2.00 bits per heavy atom. The molecule has 0 atom stereocenters. The zero-order valence-electron chi connectivity index (χ0n) is 9.81. The van der Waals surface area contributed by atoms with Crippen LogP contribution < -0.4 is 5.32 Å². The van der Waals surface area contributed by atoms with Crippen molar-refractivity contribution in [3.63, 3.8) is 0 Å². The molecule has 1 aromatic rings. The van der Waals surface area contributed by atoms with Gasteiger partial charge >= 0.3 is 0 Å². The van der Waals surface area contributed by atoms with Gasteiger partial charge in [0.05, 0.1) is 0 Å². The predicted molar refractivity (Wildman–Crippen MR) is 62.5 cm³/mol. The summed E-state index contributed by atoms with van der Waals surface area (Å²) >= 11 is 0. The molecule has 92 valence electrons. The first-order valence-electron chi connectivity index (χ1n) is 6.34. The quantitative estimate of drug-likeness (QED) is 0.829. The van der Waals surface area contributed by atoms with Gasteiger partial charge in [0.15, 0.2) is 0 Å². The number of hydrogen-bond acceptors (Lipinski definition) is 1. The van der Waals surface area contributed by atoms with Gasteiger partial charge in [0.2, 0.25) is 0 Å². The highest BCUT2D eigenvalue weighted by molar-refractivity contribution is 5.18. The molecule has 0 unspecified atom stereocenters. The molecule has 0 bridgehead atoms. The fourth-order valence-corrected chi connectivity index (χ4v) is 2.70. The number of nitrogens with one attached hydrogen (secondary N) is 1. The first-order chi connectivity index (χ1) is 8.20. The van der Waals surface area contributed by atoms with Crippen LogP contribution in [0.5, 0.6) is 0 Å². The number of benzene rings is 1. The summed E-state index contributed by atoms with van der Waals surface area (Å²) in [5.41, 5.74) is 1.08. The SMILES string of the molecule is Fc1ccc(CNCC2(C3CC3)CC2)c(F)c1. The number of halogens is 2. The van der Waals surface area contributed by atoms with Crippen LogP contribution in [0.4, 0.5) is 8.78 Å². The monoisotopic (exact) mass is 237 g/mol. The summed E-state index contributed by atoms with van der Waals surface area (Å²) in [6.45, 7) is 1.48. The number of hydrogen-bond donors (Lipinski definition) is 1. The van der Waals surface area contributed by atoms with E-state index >= 15 is 0 Å². The van der Waals surface area contributed by atoms with E-state index in [1.54, 1.807) is 0 Å². The van der Waals surface area contributed by atoms with Crippen LogP contribution in [-0.4, -0.2) is 6.54 Å². The minimum absolute atomic E-state index is 0.450. The van der Waals surface area contributed by atoms with Crippen molar-refractivity contribution in [2.75, 3.05) is 6.54 Å². The second kappa shape index (κ2) is 4.05. The van der Waals surface area contributed by atoms with Crippen LogP contribution in [0.25, 0.3) is 0 Å². The lowest BCUT2D eigenvalue weighted by Crippen LogP contribution is -2.25. The summed E-state index contributed by atoms with van der Waals surface area (Å²) in [6, 6.07) is 3.78. The third-order valence-electron chi connectivity index (χ3n) is 4.14. The van der Waals surface area contributed by atoms with Crippen molar-refractivity contribution in [2.24, 2.45) is 11.3 Å². The van der Waals surface area contributed by atoms with Crippen LogP contribution in [0.3, 0.4) is 0 Å². The van der Waals surface area contributed by atoms with Crippen LogP contribution in [0, 0.1) is 23.0 Å². The van der Waals surface area contributed by atoms with Gasteiger partial charge < -0.3 is 5.32 Å². The summed E-state index contributed by atoms with van der Waals surface area (Å²) in [4.78, 5) is 0. The largest absolute Gasteiger partial charge is 0.312 e. The highest BCUT2D eigenvalue weighted by Gasteiger charge is 2.53. The maximum Gasteiger partial charge on any atom is 0.130 e. The Balaban J connectivity index is 1.53. The summed E-state index contributed by atoms with van der Waals surface area (Å²) in [7, 11) is 0. The van der Waals surface area contributed by atoms with Crippen molar-refractivity contribution in [1.29, 1.82) is 0 Å². The van der Waals surface area contributed by atoms with Crippen molar-refractivity contribution in [3.05, 3.63) is 35.4 Å². The Bertz CT molecular complexity index is 422. The van der Waals surface area contributed by atoms with Gasteiger partial charge in [-0.2, -0.15) is 0 Å². The van der Waals surface area contributed by atoms with E-state index in [1.165, 1.54) is 37.8 Å². The molecule has 3 heteroatoms. The smallest absolute Gasteiger partial charge is 0.130 e. The molecule has 2 fully saturated rings. The molecule has 0 saturated heterocycles. The lowest BCUT2D eigenvalue weighted by atomic mass is 10.0. The van der Waals surface area contributed by atoms with Gasteiger partial charge in [0.25, 0.3) is 0 Å².